The zero-order chi connectivity index (χ0) is 14.8. The summed E-state index contributed by atoms with van der Waals surface area (Å²) in [6.45, 7) is 3.96. The Kier molecular flexibility index (Phi) is 3.49. The average molecular weight is 298 g/mol. The zero-order valence-corrected chi connectivity index (χ0v) is 12.5. The Morgan fingerprint density at radius 1 is 1.19 bits per heavy atom. The lowest BCUT2D eigenvalue weighted by atomic mass is 10.1. The minimum atomic E-state index is 0.426. The third kappa shape index (κ3) is 2.68. The lowest BCUT2D eigenvalue weighted by molar-refractivity contribution is 0.865. The number of aromatic amines is 2. The predicted molar refractivity (Wildman–Crippen MR) is 83.9 cm³/mol. The molecule has 0 atom stereocenters. The van der Waals surface area contributed by atoms with Gasteiger partial charge in [0.1, 0.15) is 5.69 Å². The number of aryl methyl sites for hydroxylation is 2. The summed E-state index contributed by atoms with van der Waals surface area (Å²) in [6, 6.07) is 9.90. The fraction of sp³-hybridized carbons (Fsp3) is 0.143. The molecule has 0 spiro atoms. The van der Waals surface area contributed by atoms with Gasteiger partial charge in [0.05, 0.1) is 6.21 Å². The Labute approximate surface area is 126 Å². The first-order valence-electron chi connectivity index (χ1n) is 6.45. The summed E-state index contributed by atoms with van der Waals surface area (Å²) in [5.74, 6) is 0.578. The molecule has 106 valence electrons. The highest BCUT2D eigenvalue weighted by molar-refractivity contribution is 7.71. The van der Waals surface area contributed by atoms with Crippen LogP contribution in [0.3, 0.4) is 0 Å². The maximum absolute atomic E-state index is 5.22. The van der Waals surface area contributed by atoms with Gasteiger partial charge in [0.2, 0.25) is 10.6 Å². The van der Waals surface area contributed by atoms with Crippen LogP contribution in [0.2, 0.25) is 0 Å². The van der Waals surface area contributed by atoms with Crippen molar-refractivity contribution in [3.8, 4) is 11.5 Å². The van der Waals surface area contributed by atoms with Gasteiger partial charge in [-0.2, -0.15) is 20.0 Å². The number of nitrogens with one attached hydrogen (secondary N) is 2. The molecule has 0 fully saturated rings. The molecule has 0 aliphatic heterocycles. The molecule has 0 aliphatic carbocycles. The van der Waals surface area contributed by atoms with Crippen molar-refractivity contribution in [3.63, 3.8) is 0 Å². The maximum Gasteiger partial charge on any atom is 0.216 e. The quantitative estimate of drug-likeness (QED) is 0.577. The summed E-state index contributed by atoms with van der Waals surface area (Å²) >= 11 is 5.22. The Balaban J connectivity index is 2.02. The van der Waals surface area contributed by atoms with E-state index in [-0.39, 0.29) is 0 Å². The summed E-state index contributed by atoms with van der Waals surface area (Å²) in [5.41, 5.74) is 3.83. The normalized spacial score (nSPS) is 11.3. The first-order chi connectivity index (χ1) is 10.1. The van der Waals surface area contributed by atoms with Crippen molar-refractivity contribution in [2.24, 2.45) is 5.10 Å². The molecule has 0 radical (unpaired) electrons. The summed E-state index contributed by atoms with van der Waals surface area (Å²) < 4.78 is 1.99. The highest BCUT2D eigenvalue weighted by Crippen LogP contribution is 2.15. The van der Waals surface area contributed by atoms with E-state index < -0.39 is 0 Å². The molecule has 0 saturated heterocycles. The number of hydrogen-bond donors (Lipinski definition) is 2. The molecule has 0 saturated carbocycles. The average Bonchev–Trinajstić information content (AvgIpc) is 3.04. The van der Waals surface area contributed by atoms with Crippen molar-refractivity contribution < 1.29 is 0 Å². The van der Waals surface area contributed by atoms with Crippen LogP contribution in [-0.2, 0) is 0 Å². The molecule has 0 bridgehead atoms. The zero-order valence-electron chi connectivity index (χ0n) is 11.7. The Morgan fingerprint density at radius 3 is 2.71 bits per heavy atom. The molecule has 7 heteroatoms. The number of hydrogen-bond acceptors (Lipinski definition) is 4. The van der Waals surface area contributed by atoms with Crippen LogP contribution in [0.1, 0.15) is 16.8 Å². The highest BCUT2D eigenvalue weighted by atomic mass is 32.1. The second kappa shape index (κ2) is 5.45. The second-order valence-electron chi connectivity index (χ2n) is 4.70. The summed E-state index contributed by atoms with van der Waals surface area (Å²) in [5, 5.41) is 18.4. The highest BCUT2D eigenvalue weighted by Gasteiger charge is 2.10. The van der Waals surface area contributed by atoms with E-state index in [1.807, 2.05) is 44.2 Å². The van der Waals surface area contributed by atoms with Crippen LogP contribution < -0.4 is 0 Å². The second-order valence-corrected chi connectivity index (χ2v) is 5.09. The topological polar surface area (TPSA) is 74.7 Å². The van der Waals surface area contributed by atoms with E-state index in [9.17, 15) is 0 Å². The van der Waals surface area contributed by atoms with E-state index in [1.165, 1.54) is 0 Å². The van der Waals surface area contributed by atoms with Crippen molar-refractivity contribution in [1.82, 2.24) is 25.1 Å². The molecule has 2 aromatic heterocycles. The molecular formula is C14H14N6S. The number of H-pyrrole nitrogens is 2. The van der Waals surface area contributed by atoms with Gasteiger partial charge in [-0.1, -0.05) is 24.3 Å². The van der Waals surface area contributed by atoms with E-state index >= 15 is 0 Å². The molecule has 0 amide bonds. The molecule has 3 rings (SSSR count). The lowest BCUT2D eigenvalue weighted by Gasteiger charge is -1.99. The van der Waals surface area contributed by atoms with Gasteiger partial charge < -0.3 is 0 Å². The summed E-state index contributed by atoms with van der Waals surface area (Å²) in [4.78, 5) is 0. The number of benzene rings is 1. The van der Waals surface area contributed by atoms with Crippen molar-refractivity contribution in [1.29, 1.82) is 0 Å². The fourth-order valence-corrected chi connectivity index (χ4v) is 2.13. The SMILES string of the molecule is Cc1cc(-c2n[nH]c(=S)n2N=Cc2ccccc2C)n[nH]1. The molecule has 6 nitrogen and oxygen atoms in total. The minimum Gasteiger partial charge on any atom is -0.282 e. The molecule has 21 heavy (non-hydrogen) atoms. The van der Waals surface area contributed by atoms with Crippen LogP contribution in [0.4, 0.5) is 0 Å². The van der Waals surface area contributed by atoms with Crippen molar-refractivity contribution in [2.75, 3.05) is 0 Å². The smallest absolute Gasteiger partial charge is 0.216 e. The number of aromatic nitrogens is 5. The van der Waals surface area contributed by atoms with Gasteiger partial charge in [-0.05, 0) is 43.3 Å². The van der Waals surface area contributed by atoms with Crippen LogP contribution in [0, 0.1) is 18.6 Å². The third-order valence-electron chi connectivity index (χ3n) is 3.09. The van der Waals surface area contributed by atoms with E-state index in [0.717, 1.165) is 16.8 Å². The molecule has 3 aromatic rings. The van der Waals surface area contributed by atoms with Gasteiger partial charge in [0.25, 0.3) is 0 Å². The first-order valence-corrected chi connectivity index (χ1v) is 6.86. The number of rotatable bonds is 3. The molecule has 1 aromatic carbocycles. The number of nitrogens with zero attached hydrogens (tertiary/aromatic N) is 4. The van der Waals surface area contributed by atoms with Gasteiger partial charge >= 0.3 is 0 Å². The summed E-state index contributed by atoms with van der Waals surface area (Å²) in [6.07, 6.45) is 1.77. The summed E-state index contributed by atoms with van der Waals surface area (Å²) in [7, 11) is 0. The molecule has 2 N–H and O–H groups in total. The van der Waals surface area contributed by atoms with E-state index in [1.54, 1.807) is 10.9 Å². The first kappa shape index (κ1) is 13.4. The predicted octanol–water partition coefficient (Wildman–Crippen LogP) is 2.83. The van der Waals surface area contributed by atoms with Crippen molar-refractivity contribution in [3.05, 3.63) is 51.9 Å². The Bertz CT molecular complexity index is 854. The minimum absolute atomic E-state index is 0.426. The van der Waals surface area contributed by atoms with Gasteiger partial charge in [0, 0.05) is 5.69 Å². The van der Waals surface area contributed by atoms with Crippen LogP contribution in [0.15, 0.2) is 35.4 Å². The van der Waals surface area contributed by atoms with E-state index in [4.69, 9.17) is 12.2 Å². The fourth-order valence-electron chi connectivity index (χ4n) is 1.95. The van der Waals surface area contributed by atoms with Crippen LogP contribution >= 0.6 is 12.2 Å². The molecule has 2 heterocycles. The van der Waals surface area contributed by atoms with Crippen LogP contribution in [0.25, 0.3) is 11.5 Å². The van der Waals surface area contributed by atoms with E-state index in [0.29, 0.717) is 16.3 Å². The molecule has 0 aliphatic rings. The van der Waals surface area contributed by atoms with E-state index in [2.05, 4.69) is 25.5 Å². The standard InChI is InChI=1S/C14H14N6S/c1-9-5-3-4-6-11(9)8-15-20-13(18-19-14(20)21)12-7-10(2)16-17-12/h3-8H,1-2H3,(H,16,17)(H,19,21). The van der Waals surface area contributed by atoms with Gasteiger partial charge in [-0.25, -0.2) is 5.10 Å². The molecular weight excluding hydrogens is 284 g/mol. The lowest BCUT2D eigenvalue weighted by Crippen LogP contribution is -1.96. The van der Waals surface area contributed by atoms with Crippen molar-refractivity contribution in [2.45, 2.75) is 13.8 Å². The van der Waals surface area contributed by atoms with Crippen molar-refractivity contribution >= 4 is 18.4 Å². The van der Waals surface area contributed by atoms with Gasteiger partial charge in [-0.3, -0.25) is 5.10 Å². The Morgan fingerprint density at radius 2 is 2.00 bits per heavy atom. The van der Waals surface area contributed by atoms with Crippen LogP contribution in [-0.4, -0.2) is 31.3 Å². The van der Waals surface area contributed by atoms with Gasteiger partial charge in [0.15, 0.2) is 0 Å². The van der Waals surface area contributed by atoms with Gasteiger partial charge in [-0.15, -0.1) is 0 Å². The largest absolute Gasteiger partial charge is 0.282 e. The Hall–Kier alpha value is -2.54. The molecule has 0 unspecified atom stereocenters. The third-order valence-corrected chi connectivity index (χ3v) is 3.35. The van der Waals surface area contributed by atoms with Crippen LogP contribution in [0.5, 0.6) is 0 Å². The maximum atomic E-state index is 5.22. The monoisotopic (exact) mass is 298 g/mol.